The van der Waals surface area contributed by atoms with Gasteiger partial charge in [0.05, 0.1) is 25.4 Å². The van der Waals surface area contributed by atoms with E-state index in [1.807, 2.05) is 36.4 Å². The molecular formula is C34H42N2O8P2. The molecular weight excluding hydrogens is 626 g/mol. The van der Waals surface area contributed by atoms with Crippen molar-refractivity contribution in [2.45, 2.75) is 89.8 Å². The van der Waals surface area contributed by atoms with Crippen molar-refractivity contribution in [3.8, 4) is 11.5 Å². The molecule has 246 valence electrons. The van der Waals surface area contributed by atoms with Gasteiger partial charge in [-0.25, -0.2) is 9.13 Å². The molecule has 1 aromatic carbocycles. The molecule has 3 aromatic rings. The normalized spacial score (nSPS) is 28.3. The van der Waals surface area contributed by atoms with Gasteiger partial charge in [-0.15, -0.1) is 0 Å². The minimum absolute atomic E-state index is 0.150. The lowest BCUT2D eigenvalue weighted by Crippen LogP contribution is -2.18. The van der Waals surface area contributed by atoms with Gasteiger partial charge in [-0.05, 0) is 92.1 Å². The molecule has 5 unspecified atom stereocenters. The largest absolute Gasteiger partial charge is 0.530 e. The highest BCUT2D eigenvalue weighted by atomic mass is 31.2. The van der Waals surface area contributed by atoms with Crippen LogP contribution in [0.15, 0.2) is 72.8 Å². The number of hydrogen-bond acceptors (Lipinski definition) is 10. The van der Waals surface area contributed by atoms with Crippen LogP contribution >= 0.6 is 15.6 Å². The van der Waals surface area contributed by atoms with Crippen molar-refractivity contribution in [2.75, 3.05) is 13.2 Å². The Hall–Kier alpha value is -2.84. The van der Waals surface area contributed by atoms with Crippen LogP contribution in [0.2, 0.25) is 0 Å². The van der Waals surface area contributed by atoms with Gasteiger partial charge in [0.2, 0.25) is 0 Å². The Bertz CT molecular complexity index is 1510. The van der Waals surface area contributed by atoms with E-state index in [0.717, 1.165) is 61.6 Å². The van der Waals surface area contributed by atoms with Gasteiger partial charge in [-0.2, -0.15) is 0 Å². The molecule has 2 saturated heterocycles. The Morgan fingerprint density at radius 2 is 1.35 bits per heavy atom. The molecule has 0 spiro atoms. The van der Waals surface area contributed by atoms with E-state index in [0.29, 0.717) is 29.9 Å². The monoisotopic (exact) mass is 668 g/mol. The van der Waals surface area contributed by atoms with E-state index in [4.69, 9.17) is 27.1 Å². The number of nitrogens with zero attached hydrogens (tertiary/aromatic N) is 2. The Morgan fingerprint density at radius 1 is 0.804 bits per heavy atom. The lowest BCUT2D eigenvalue weighted by Gasteiger charge is -2.32. The van der Waals surface area contributed by atoms with Gasteiger partial charge in [-0.3, -0.25) is 28.1 Å². The predicted molar refractivity (Wildman–Crippen MR) is 174 cm³/mol. The number of allylic oxidation sites excluding steroid dienone is 2. The second-order valence-electron chi connectivity index (χ2n) is 12.0. The Morgan fingerprint density at radius 3 is 1.85 bits per heavy atom. The predicted octanol–water partition coefficient (Wildman–Crippen LogP) is 9.75. The van der Waals surface area contributed by atoms with Gasteiger partial charge in [0, 0.05) is 49.1 Å². The average molecular weight is 669 g/mol. The molecule has 10 nitrogen and oxygen atoms in total. The number of pyridine rings is 2. The van der Waals surface area contributed by atoms with Crippen LogP contribution in [-0.2, 0) is 33.6 Å². The van der Waals surface area contributed by atoms with Gasteiger partial charge in [0.15, 0.2) is 0 Å². The number of unbranched alkanes of at least 4 members (excludes halogenated alkanes) is 2. The summed E-state index contributed by atoms with van der Waals surface area (Å²) in [5, 5.41) is 0. The number of benzene rings is 1. The lowest BCUT2D eigenvalue weighted by atomic mass is 9.84. The number of phosphoric ester groups is 2. The first-order chi connectivity index (χ1) is 22.3. The number of phosphoric acid groups is 2. The molecule has 46 heavy (non-hydrogen) atoms. The lowest BCUT2D eigenvalue weighted by molar-refractivity contribution is 0.0502. The average Bonchev–Trinajstić information content (AvgIpc) is 3.05. The molecule has 2 fully saturated rings. The second-order valence-corrected chi connectivity index (χ2v) is 15.1. The van der Waals surface area contributed by atoms with Crippen LogP contribution in [0.5, 0.6) is 11.5 Å². The van der Waals surface area contributed by atoms with E-state index >= 15 is 0 Å². The molecule has 2 aromatic heterocycles. The summed E-state index contributed by atoms with van der Waals surface area (Å²) in [6.07, 6.45) is 15.5. The maximum Gasteiger partial charge on any atom is 0.530 e. The summed E-state index contributed by atoms with van der Waals surface area (Å²) >= 11 is 0. The molecule has 12 heteroatoms. The smallest absolute Gasteiger partial charge is 0.404 e. The quantitative estimate of drug-likeness (QED) is 0.111. The van der Waals surface area contributed by atoms with Crippen LogP contribution in [0.1, 0.15) is 106 Å². The topological polar surface area (TPSA) is 115 Å². The Kier molecular flexibility index (Phi) is 10.7. The van der Waals surface area contributed by atoms with E-state index < -0.39 is 27.9 Å². The van der Waals surface area contributed by atoms with Crippen LogP contribution in [0.25, 0.3) is 0 Å². The molecule has 4 heterocycles. The molecule has 1 aliphatic carbocycles. The third kappa shape index (κ3) is 8.17. The first-order valence-corrected chi connectivity index (χ1v) is 19.1. The molecule has 0 bridgehead atoms. The molecule has 6 rings (SSSR count). The number of rotatable bonds is 11. The van der Waals surface area contributed by atoms with Crippen LogP contribution in [-0.4, -0.2) is 23.2 Å². The van der Waals surface area contributed by atoms with E-state index in [1.165, 1.54) is 5.57 Å². The van der Waals surface area contributed by atoms with Crippen molar-refractivity contribution < 1.29 is 36.3 Å². The third-order valence-corrected chi connectivity index (χ3v) is 11.4. The fourth-order valence-corrected chi connectivity index (χ4v) is 9.04. The van der Waals surface area contributed by atoms with Crippen molar-refractivity contribution >= 4 is 15.6 Å². The summed E-state index contributed by atoms with van der Waals surface area (Å²) in [5.41, 5.74) is 4.43. The number of aryl methyl sites for hydroxylation is 1. The third-order valence-electron chi connectivity index (χ3n) is 8.52. The highest BCUT2D eigenvalue weighted by Gasteiger charge is 2.42. The minimum atomic E-state index is -4.07. The molecule has 0 radical (unpaired) electrons. The standard InChI is InChI=1S/C34H42N2O8P2/c1-3-4-5-8-26-23-32(43-45(37)39-20-14-30(41-45)27-10-16-35-17-11-27)34(29-9-6-7-25(2)22-29)33(24-26)44-46(38)40-21-15-31(42-46)28-12-18-36-19-13-28/h10-13,16-19,22-24,29-31H,3-9,14-15,20-21H2,1-2H3. The second kappa shape index (κ2) is 14.9. The zero-order valence-corrected chi connectivity index (χ0v) is 28.2. The van der Waals surface area contributed by atoms with Crippen LogP contribution in [0, 0.1) is 0 Å². The summed E-state index contributed by atoms with van der Waals surface area (Å²) in [6.45, 7) is 4.65. The summed E-state index contributed by atoms with van der Waals surface area (Å²) in [5.74, 6) is 0.504. The zero-order chi connectivity index (χ0) is 32.0. The molecule has 0 amide bonds. The van der Waals surface area contributed by atoms with Crippen LogP contribution < -0.4 is 9.05 Å². The van der Waals surface area contributed by atoms with Gasteiger partial charge < -0.3 is 9.05 Å². The highest BCUT2D eigenvalue weighted by Crippen LogP contribution is 2.61. The molecule has 5 atom stereocenters. The van der Waals surface area contributed by atoms with Gasteiger partial charge in [0.1, 0.15) is 11.5 Å². The molecule has 0 saturated carbocycles. The first-order valence-electron chi connectivity index (χ1n) is 16.2. The van der Waals surface area contributed by atoms with Gasteiger partial charge in [-0.1, -0.05) is 31.4 Å². The van der Waals surface area contributed by atoms with Crippen molar-refractivity contribution in [3.05, 3.63) is 95.1 Å². The molecule has 2 aliphatic heterocycles. The van der Waals surface area contributed by atoms with Gasteiger partial charge in [0.25, 0.3) is 0 Å². The van der Waals surface area contributed by atoms with Crippen molar-refractivity contribution in [2.24, 2.45) is 0 Å². The van der Waals surface area contributed by atoms with Gasteiger partial charge >= 0.3 is 15.6 Å². The summed E-state index contributed by atoms with van der Waals surface area (Å²) in [6, 6.07) is 11.1. The maximum atomic E-state index is 14.2. The van der Waals surface area contributed by atoms with Crippen LogP contribution in [0.3, 0.4) is 0 Å². The number of hydrogen-bond donors (Lipinski definition) is 0. The minimum Gasteiger partial charge on any atom is -0.404 e. The van der Waals surface area contributed by atoms with E-state index in [9.17, 15) is 9.13 Å². The SMILES string of the molecule is CCCCCc1cc(OP2(=O)OCCC(c3ccncc3)O2)c(C2C=C(C)CCC2)c(OP2(=O)OCCC(c3ccncc3)O2)c1. The molecule has 3 aliphatic rings. The fourth-order valence-electron chi connectivity index (χ4n) is 6.20. The summed E-state index contributed by atoms with van der Waals surface area (Å²) < 4.78 is 64.6. The maximum absolute atomic E-state index is 14.2. The van der Waals surface area contributed by atoms with Crippen molar-refractivity contribution in [1.82, 2.24) is 9.97 Å². The van der Waals surface area contributed by atoms with E-state index in [1.54, 1.807) is 24.8 Å². The van der Waals surface area contributed by atoms with Crippen molar-refractivity contribution in [1.29, 1.82) is 0 Å². The Balaban J connectivity index is 1.38. The zero-order valence-electron chi connectivity index (χ0n) is 26.4. The van der Waals surface area contributed by atoms with Crippen molar-refractivity contribution in [3.63, 3.8) is 0 Å². The summed E-state index contributed by atoms with van der Waals surface area (Å²) in [4.78, 5) is 8.17. The van der Waals surface area contributed by atoms with E-state index in [-0.39, 0.29) is 19.1 Å². The Labute approximate surface area is 271 Å². The van der Waals surface area contributed by atoms with Crippen LogP contribution in [0.4, 0.5) is 0 Å². The van der Waals surface area contributed by atoms with E-state index in [2.05, 4.69) is 29.9 Å². The highest BCUT2D eigenvalue weighted by molar-refractivity contribution is 7.49. The fraction of sp³-hybridized carbons (Fsp3) is 0.471. The first kappa shape index (κ1) is 33.1. The molecule has 0 N–H and O–H groups in total. The number of aromatic nitrogens is 2. The summed E-state index contributed by atoms with van der Waals surface area (Å²) in [7, 11) is -8.13.